The molecule has 0 fully saturated rings. The highest BCUT2D eigenvalue weighted by Crippen LogP contribution is 2.29. The van der Waals surface area contributed by atoms with Crippen molar-refractivity contribution in [2.45, 2.75) is 0 Å². The molecule has 0 radical (unpaired) electrons. The van der Waals surface area contributed by atoms with Crippen LogP contribution in [0.25, 0.3) is 0 Å². The molecule has 3 heteroatoms. The summed E-state index contributed by atoms with van der Waals surface area (Å²) in [5.41, 5.74) is 0. The smallest absolute Gasteiger partial charge is 0.0805 e. The first-order chi connectivity index (χ1) is 2.89. The van der Waals surface area contributed by atoms with Crippen molar-refractivity contribution in [3.8, 4) is 0 Å². The first-order valence-corrected chi connectivity index (χ1v) is 5.00. The molecule has 0 spiro atoms. The zero-order valence-corrected chi connectivity index (χ0v) is 6.55. The van der Waals surface area contributed by atoms with Crippen LogP contribution in [0.1, 0.15) is 0 Å². The van der Waals surface area contributed by atoms with E-state index in [9.17, 15) is 0 Å². The van der Waals surface area contributed by atoms with E-state index in [2.05, 4.69) is 3.34 Å². The predicted molar refractivity (Wildman–Crippen MR) is 41.6 cm³/mol. The van der Waals surface area contributed by atoms with E-state index in [0.29, 0.717) is 0 Å². The molecule has 1 rings (SSSR count). The lowest BCUT2D eigenvalue weighted by Crippen LogP contribution is -1.33. The number of hydrogen-bond acceptors (Lipinski definition) is 1. The first kappa shape index (κ1) is 5.12. The van der Waals surface area contributed by atoms with Crippen LogP contribution in [-0.4, -0.2) is 3.34 Å². The van der Waals surface area contributed by atoms with Crippen molar-refractivity contribution >= 4 is 47.4 Å². The molecule has 1 aliphatic rings. The molecular weight excluding hydrogens is 230 g/mol. The minimum atomic E-state index is 0.144. The van der Waals surface area contributed by atoms with Gasteiger partial charge in [-0.05, 0) is 0 Å². The fourth-order valence-electron chi connectivity index (χ4n) is 0.171. The largest absolute Gasteiger partial charge is 0.0978 e. The standard InChI is InChI=1S/C3H2ClIS/c4-3-1-6-2-5-3/h1-2H. The summed E-state index contributed by atoms with van der Waals surface area (Å²) < 4.78 is 3.25. The molecule has 0 aromatic heterocycles. The zero-order valence-electron chi connectivity index (χ0n) is 2.82. The molecule has 0 aromatic carbocycles. The van der Waals surface area contributed by atoms with Crippen molar-refractivity contribution in [3.05, 3.63) is 8.45 Å². The van der Waals surface area contributed by atoms with Crippen molar-refractivity contribution in [1.29, 1.82) is 0 Å². The van der Waals surface area contributed by atoms with Crippen molar-refractivity contribution in [3.63, 3.8) is 0 Å². The Kier molecular flexibility index (Phi) is 1.99. The Morgan fingerprint density at radius 1 is 1.83 bits per heavy atom. The summed E-state index contributed by atoms with van der Waals surface area (Å²) in [4.78, 5) is 0. The minimum absolute atomic E-state index is 0.144. The van der Waals surface area contributed by atoms with Crippen molar-refractivity contribution in [2.24, 2.45) is 0 Å². The van der Waals surface area contributed by atoms with Crippen molar-refractivity contribution < 1.29 is 0 Å². The third kappa shape index (κ3) is 1.24. The first-order valence-electron chi connectivity index (χ1n) is 1.36. The van der Waals surface area contributed by atoms with E-state index in [-0.39, 0.29) is 20.7 Å². The Hall–Kier alpha value is 0.980. The van der Waals surface area contributed by atoms with Gasteiger partial charge >= 0.3 is 0 Å². The Morgan fingerprint density at radius 3 is 2.83 bits per heavy atom. The summed E-state index contributed by atoms with van der Waals surface area (Å²) in [6.07, 6.45) is 0. The highest BCUT2D eigenvalue weighted by molar-refractivity contribution is 14.2. The van der Waals surface area contributed by atoms with Crippen LogP contribution in [0, 0.1) is 0 Å². The molecule has 0 saturated heterocycles. The topological polar surface area (TPSA) is 0 Å². The van der Waals surface area contributed by atoms with E-state index in [1.165, 1.54) is 0 Å². The number of thioether (sulfide) groups is 1. The molecule has 0 nitrogen and oxygen atoms in total. The van der Waals surface area contributed by atoms with Gasteiger partial charge in [0.25, 0.3) is 0 Å². The van der Waals surface area contributed by atoms with Gasteiger partial charge in [0.2, 0.25) is 0 Å². The fraction of sp³-hybridized carbons (Fsp3) is 0. The zero-order chi connectivity index (χ0) is 4.41. The lowest BCUT2D eigenvalue weighted by molar-refractivity contribution is 2.51. The summed E-state index contributed by atoms with van der Waals surface area (Å²) in [5.74, 6) is 0. The summed E-state index contributed by atoms with van der Waals surface area (Å²) in [7, 11) is 0. The van der Waals surface area contributed by atoms with Gasteiger partial charge in [-0.15, -0.1) is 0 Å². The van der Waals surface area contributed by atoms with Gasteiger partial charge in [-0.1, -0.05) is 44.1 Å². The Morgan fingerprint density at radius 2 is 2.67 bits per heavy atom. The predicted octanol–water partition coefficient (Wildman–Crippen LogP) is 2.50. The van der Waals surface area contributed by atoms with Crippen LogP contribution >= 0.6 is 44.1 Å². The van der Waals surface area contributed by atoms with Gasteiger partial charge in [0.15, 0.2) is 0 Å². The summed E-state index contributed by atoms with van der Waals surface area (Å²) in [5, 5.41) is 1.99. The fourth-order valence-corrected chi connectivity index (χ4v) is 3.84. The summed E-state index contributed by atoms with van der Waals surface area (Å²) in [6.45, 7) is 0. The lowest BCUT2D eigenvalue weighted by Gasteiger charge is -1.66. The van der Waals surface area contributed by atoms with E-state index >= 15 is 0 Å². The quantitative estimate of drug-likeness (QED) is 0.578. The Bertz CT molecular complexity index is 105. The maximum atomic E-state index is 5.57. The number of halogens is 2. The van der Waals surface area contributed by atoms with Gasteiger partial charge in [0, 0.05) is 8.75 Å². The molecule has 0 unspecified atom stereocenters. The van der Waals surface area contributed by atoms with E-state index in [1.54, 1.807) is 11.8 Å². The van der Waals surface area contributed by atoms with Crippen LogP contribution < -0.4 is 0 Å². The maximum absolute atomic E-state index is 5.57. The van der Waals surface area contributed by atoms with Gasteiger partial charge < -0.3 is 0 Å². The van der Waals surface area contributed by atoms with Crippen LogP contribution in [0.15, 0.2) is 8.45 Å². The molecule has 0 N–H and O–H groups in total. The summed E-state index contributed by atoms with van der Waals surface area (Å²) >= 11 is 7.43. The van der Waals surface area contributed by atoms with E-state index < -0.39 is 0 Å². The average Bonchev–Trinajstić information content (AvgIpc) is 1.86. The Balaban J connectivity index is 2.68. The Labute approximate surface area is 55.7 Å². The molecule has 0 bridgehead atoms. The second-order valence-corrected chi connectivity index (χ2v) is 5.78. The van der Waals surface area contributed by atoms with Gasteiger partial charge in [0.05, 0.1) is 3.04 Å². The molecule has 0 aliphatic carbocycles. The van der Waals surface area contributed by atoms with Crippen molar-refractivity contribution in [1.82, 2.24) is 0 Å². The second-order valence-electron chi connectivity index (χ2n) is 0.742. The van der Waals surface area contributed by atoms with Crippen LogP contribution in [-0.2, 0) is 0 Å². The molecule has 0 aromatic rings. The third-order valence-electron chi connectivity index (χ3n) is 0.357. The monoisotopic (exact) mass is 232 g/mol. The molecule has 34 valence electrons. The molecule has 0 amide bonds. The SMILES string of the molecule is ClC1=CSC=I1. The van der Waals surface area contributed by atoms with Crippen LogP contribution in [0.3, 0.4) is 0 Å². The normalized spacial score (nSPS) is 19.8. The highest BCUT2D eigenvalue weighted by Gasteiger charge is 1.89. The second kappa shape index (κ2) is 2.33. The minimum Gasteiger partial charge on any atom is -0.0978 e. The molecule has 6 heavy (non-hydrogen) atoms. The third-order valence-corrected chi connectivity index (χ3v) is 4.69. The number of hydrogen-bond donors (Lipinski definition) is 0. The van der Waals surface area contributed by atoms with Gasteiger partial charge in [-0.2, -0.15) is 0 Å². The number of rotatable bonds is 0. The van der Waals surface area contributed by atoms with E-state index in [1.807, 2.05) is 5.41 Å². The van der Waals surface area contributed by atoms with Gasteiger partial charge in [-0.25, -0.2) is 0 Å². The summed E-state index contributed by atoms with van der Waals surface area (Å²) in [6, 6.07) is 0. The molecular formula is C3H2ClIS. The van der Waals surface area contributed by atoms with Crippen molar-refractivity contribution in [2.75, 3.05) is 0 Å². The van der Waals surface area contributed by atoms with E-state index in [0.717, 1.165) is 3.04 Å². The molecule has 1 aliphatic heterocycles. The molecule has 0 atom stereocenters. The maximum Gasteiger partial charge on any atom is 0.0805 e. The van der Waals surface area contributed by atoms with E-state index in [4.69, 9.17) is 11.6 Å². The molecule has 0 saturated carbocycles. The van der Waals surface area contributed by atoms with Crippen LogP contribution in [0.5, 0.6) is 0 Å². The highest BCUT2D eigenvalue weighted by atomic mass is 127. The van der Waals surface area contributed by atoms with Crippen LogP contribution in [0.2, 0.25) is 0 Å². The lowest BCUT2D eigenvalue weighted by atomic mass is 11.3. The van der Waals surface area contributed by atoms with Gasteiger partial charge in [-0.3, -0.25) is 0 Å². The van der Waals surface area contributed by atoms with Crippen LogP contribution in [0.4, 0.5) is 0 Å². The average molecular weight is 232 g/mol. The van der Waals surface area contributed by atoms with Gasteiger partial charge in [0.1, 0.15) is 0 Å². The molecule has 1 heterocycles.